The molecular formula is C15H28N2O2. The van der Waals surface area contributed by atoms with Crippen molar-refractivity contribution in [3.63, 3.8) is 0 Å². The van der Waals surface area contributed by atoms with E-state index in [2.05, 4.69) is 24.1 Å². The molecular weight excluding hydrogens is 240 g/mol. The van der Waals surface area contributed by atoms with Crippen molar-refractivity contribution in [2.24, 2.45) is 5.92 Å². The van der Waals surface area contributed by atoms with E-state index in [-0.39, 0.29) is 0 Å². The molecule has 110 valence electrons. The van der Waals surface area contributed by atoms with Gasteiger partial charge >= 0.3 is 5.97 Å². The Balaban J connectivity index is 1.91. The van der Waals surface area contributed by atoms with Crippen LogP contribution in [0.1, 0.15) is 52.9 Å². The van der Waals surface area contributed by atoms with Gasteiger partial charge in [-0.2, -0.15) is 0 Å². The van der Waals surface area contributed by atoms with Crippen LogP contribution in [0.25, 0.3) is 0 Å². The first-order valence-corrected chi connectivity index (χ1v) is 7.69. The third-order valence-electron chi connectivity index (χ3n) is 4.49. The van der Waals surface area contributed by atoms with E-state index < -0.39 is 11.5 Å². The van der Waals surface area contributed by atoms with Gasteiger partial charge in [0.15, 0.2) is 0 Å². The lowest BCUT2D eigenvalue weighted by Crippen LogP contribution is -2.54. The van der Waals surface area contributed by atoms with Gasteiger partial charge in [0.1, 0.15) is 5.54 Å². The molecule has 4 heteroatoms. The topological polar surface area (TPSA) is 52.6 Å². The highest BCUT2D eigenvalue weighted by Gasteiger charge is 2.40. The second-order valence-electron chi connectivity index (χ2n) is 6.64. The number of carboxylic acid groups (broad SMARTS) is 1. The van der Waals surface area contributed by atoms with E-state index in [0.717, 1.165) is 31.8 Å². The van der Waals surface area contributed by atoms with Crippen molar-refractivity contribution in [1.29, 1.82) is 0 Å². The Morgan fingerprint density at radius 1 is 1.42 bits per heavy atom. The number of nitrogens with one attached hydrogen (secondary N) is 1. The quantitative estimate of drug-likeness (QED) is 0.672. The maximum atomic E-state index is 11.6. The van der Waals surface area contributed by atoms with E-state index >= 15 is 0 Å². The van der Waals surface area contributed by atoms with Crippen molar-refractivity contribution in [2.75, 3.05) is 13.1 Å². The summed E-state index contributed by atoms with van der Waals surface area (Å²) in [6.07, 6.45) is 5.62. The number of hydrogen-bond donors (Lipinski definition) is 2. The molecule has 2 unspecified atom stereocenters. The van der Waals surface area contributed by atoms with Crippen LogP contribution in [0, 0.1) is 5.92 Å². The molecule has 2 atom stereocenters. The summed E-state index contributed by atoms with van der Waals surface area (Å²) in [5.41, 5.74) is -0.780. The molecule has 2 aliphatic carbocycles. The normalized spacial score (nSPS) is 24.2. The Labute approximate surface area is 116 Å². The summed E-state index contributed by atoms with van der Waals surface area (Å²) >= 11 is 0. The van der Waals surface area contributed by atoms with E-state index in [9.17, 15) is 9.90 Å². The molecule has 2 aliphatic rings. The smallest absolute Gasteiger partial charge is 0.323 e. The molecule has 2 N–H and O–H groups in total. The molecule has 0 radical (unpaired) electrons. The van der Waals surface area contributed by atoms with Crippen molar-refractivity contribution in [1.82, 2.24) is 10.2 Å². The fourth-order valence-corrected chi connectivity index (χ4v) is 2.86. The maximum Gasteiger partial charge on any atom is 0.323 e. The van der Waals surface area contributed by atoms with Gasteiger partial charge in [0.25, 0.3) is 0 Å². The third kappa shape index (κ3) is 4.18. The molecule has 0 aliphatic heterocycles. The average Bonchev–Trinajstić information content (AvgIpc) is 3.20. The number of hydrogen-bond acceptors (Lipinski definition) is 3. The highest BCUT2D eigenvalue weighted by molar-refractivity contribution is 5.78. The molecule has 0 spiro atoms. The summed E-state index contributed by atoms with van der Waals surface area (Å²) in [6, 6.07) is 0.741. The first-order valence-electron chi connectivity index (χ1n) is 7.69. The third-order valence-corrected chi connectivity index (χ3v) is 4.49. The van der Waals surface area contributed by atoms with Gasteiger partial charge in [-0.3, -0.25) is 10.1 Å². The summed E-state index contributed by atoms with van der Waals surface area (Å²) in [7, 11) is 0. The molecule has 4 nitrogen and oxygen atoms in total. The molecule has 0 bridgehead atoms. The molecule has 0 heterocycles. The van der Waals surface area contributed by atoms with Crippen LogP contribution in [0.3, 0.4) is 0 Å². The zero-order chi connectivity index (χ0) is 14.0. The minimum absolute atomic E-state index is 0.318. The van der Waals surface area contributed by atoms with Crippen molar-refractivity contribution < 1.29 is 9.90 Å². The zero-order valence-corrected chi connectivity index (χ0v) is 12.5. The van der Waals surface area contributed by atoms with Gasteiger partial charge in [-0.25, -0.2) is 0 Å². The van der Waals surface area contributed by atoms with Crippen molar-refractivity contribution in [2.45, 2.75) is 70.5 Å². The first-order chi connectivity index (χ1) is 8.94. The highest BCUT2D eigenvalue weighted by atomic mass is 16.4. The predicted octanol–water partition coefficient (Wildman–Crippen LogP) is 2.09. The minimum Gasteiger partial charge on any atom is -0.480 e. The van der Waals surface area contributed by atoms with Gasteiger partial charge in [-0.05, 0) is 58.4 Å². The first kappa shape index (κ1) is 14.8. The van der Waals surface area contributed by atoms with Gasteiger partial charge < -0.3 is 10.0 Å². The van der Waals surface area contributed by atoms with Gasteiger partial charge in [0.05, 0.1) is 0 Å². The van der Waals surface area contributed by atoms with Gasteiger partial charge in [-0.1, -0.05) is 6.92 Å². The molecule has 0 aromatic carbocycles. The van der Waals surface area contributed by atoms with Gasteiger partial charge in [0.2, 0.25) is 0 Å². The summed E-state index contributed by atoms with van der Waals surface area (Å²) < 4.78 is 0. The number of carboxylic acids is 1. The summed E-state index contributed by atoms with van der Waals surface area (Å²) in [4.78, 5) is 14.0. The van der Waals surface area contributed by atoms with Crippen LogP contribution in [-0.4, -0.2) is 46.7 Å². The molecule has 0 saturated heterocycles. The van der Waals surface area contributed by atoms with Crippen LogP contribution in [0.5, 0.6) is 0 Å². The van der Waals surface area contributed by atoms with Crippen molar-refractivity contribution in [3.8, 4) is 0 Å². The molecule has 2 rings (SSSR count). The minimum atomic E-state index is -0.780. The van der Waals surface area contributed by atoms with Crippen LogP contribution < -0.4 is 5.32 Å². The summed E-state index contributed by atoms with van der Waals surface area (Å²) in [5, 5.41) is 12.8. The lowest BCUT2D eigenvalue weighted by molar-refractivity contribution is -0.145. The van der Waals surface area contributed by atoms with Crippen LogP contribution in [0.15, 0.2) is 0 Å². The number of carbonyl (C=O) groups is 1. The standard InChI is InChI=1S/C15H28N2O2/c1-4-17(10-12-5-6-12)11(2)9-15(3,14(18)19)16-13-7-8-13/h11-13,16H,4-10H2,1-3H3,(H,18,19). The number of aliphatic carboxylic acids is 1. The van der Waals surface area contributed by atoms with E-state index in [1.54, 1.807) is 0 Å². The van der Waals surface area contributed by atoms with Crippen molar-refractivity contribution >= 4 is 5.97 Å². The number of rotatable bonds is 9. The van der Waals surface area contributed by atoms with E-state index in [1.807, 2.05) is 6.92 Å². The van der Waals surface area contributed by atoms with Gasteiger partial charge in [-0.15, -0.1) is 0 Å². The SMILES string of the molecule is CCN(CC1CC1)C(C)CC(C)(NC1CC1)C(=O)O. The Hall–Kier alpha value is -0.610. The zero-order valence-electron chi connectivity index (χ0n) is 12.5. The van der Waals surface area contributed by atoms with Crippen LogP contribution in [0.2, 0.25) is 0 Å². The predicted molar refractivity (Wildman–Crippen MR) is 76.2 cm³/mol. The van der Waals surface area contributed by atoms with Crippen molar-refractivity contribution in [3.05, 3.63) is 0 Å². The fraction of sp³-hybridized carbons (Fsp3) is 0.933. The molecule has 0 aromatic rings. The van der Waals surface area contributed by atoms with E-state index in [4.69, 9.17) is 0 Å². The monoisotopic (exact) mass is 268 g/mol. The largest absolute Gasteiger partial charge is 0.480 e. The Morgan fingerprint density at radius 2 is 2.05 bits per heavy atom. The van der Waals surface area contributed by atoms with E-state index in [0.29, 0.717) is 18.5 Å². The lowest BCUT2D eigenvalue weighted by Gasteiger charge is -2.35. The summed E-state index contributed by atoms with van der Waals surface area (Å²) in [6.45, 7) is 8.33. The Kier molecular flexibility index (Phi) is 4.51. The van der Waals surface area contributed by atoms with Crippen LogP contribution in [0.4, 0.5) is 0 Å². The fourth-order valence-electron chi connectivity index (χ4n) is 2.86. The number of nitrogens with zero attached hydrogens (tertiary/aromatic N) is 1. The maximum absolute atomic E-state index is 11.6. The molecule has 19 heavy (non-hydrogen) atoms. The molecule has 2 saturated carbocycles. The second kappa shape index (κ2) is 5.80. The van der Waals surface area contributed by atoms with Crippen LogP contribution in [-0.2, 0) is 4.79 Å². The van der Waals surface area contributed by atoms with Gasteiger partial charge in [0, 0.05) is 18.6 Å². The average molecular weight is 268 g/mol. The molecule has 0 amide bonds. The lowest BCUT2D eigenvalue weighted by atomic mass is 9.92. The Morgan fingerprint density at radius 3 is 2.47 bits per heavy atom. The summed E-state index contributed by atoms with van der Waals surface area (Å²) in [5.74, 6) is 0.142. The molecule has 0 aromatic heterocycles. The van der Waals surface area contributed by atoms with E-state index in [1.165, 1.54) is 12.8 Å². The Bertz CT molecular complexity index is 326. The second-order valence-corrected chi connectivity index (χ2v) is 6.64. The van der Waals surface area contributed by atoms with Crippen LogP contribution >= 0.6 is 0 Å². The highest BCUT2D eigenvalue weighted by Crippen LogP contribution is 2.31. The molecule has 2 fully saturated rings.